The molecule has 152 valence electrons. The molecule has 2 saturated carbocycles. The first-order valence-electron chi connectivity index (χ1n) is 11.6. The van der Waals surface area contributed by atoms with E-state index in [4.69, 9.17) is 0 Å². The van der Waals surface area contributed by atoms with E-state index in [1.807, 2.05) is 0 Å². The van der Waals surface area contributed by atoms with Crippen molar-refractivity contribution in [1.29, 1.82) is 0 Å². The minimum atomic E-state index is 0.0635. The molecule has 2 saturated heterocycles. The van der Waals surface area contributed by atoms with Gasteiger partial charge in [-0.05, 0) is 63.2 Å². The first kappa shape index (κ1) is 19.1. The van der Waals surface area contributed by atoms with Gasteiger partial charge in [0.05, 0.1) is 0 Å². The van der Waals surface area contributed by atoms with Crippen molar-refractivity contribution in [3.05, 3.63) is 0 Å². The number of urea groups is 1. The monoisotopic (exact) mass is 375 g/mol. The lowest BCUT2D eigenvalue weighted by molar-refractivity contribution is -0.137. The molecule has 4 fully saturated rings. The van der Waals surface area contributed by atoms with Gasteiger partial charge in [-0.25, -0.2) is 4.79 Å². The Hall–Kier alpha value is -1.26. The number of amides is 3. The van der Waals surface area contributed by atoms with Gasteiger partial charge in [0, 0.05) is 38.1 Å². The van der Waals surface area contributed by atoms with Crippen LogP contribution in [0.15, 0.2) is 0 Å². The third-order valence-corrected chi connectivity index (χ3v) is 7.68. The Morgan fingerprint density at radius 2 is 1.22 bits per heavy atom. The molecule has 5 heteroatoms. The second kappa shape index (κ2) is 8.83. The summed E-state index contributed by atoms with van der Waals surface area (Å²) in [5, 5.41) is 3.07. The van der Waals surface area contributed by atoms with Gasteiger partial charge < -0.3 is 15.1 Å². The zero-order valence-electron chi connectivity index (χ0n) is 16.8. The summed E-state index contributed by atoms with van der Waals surface area (Å²) in [7, 11) is 0. The van der Waals surface area contributed by atoms with Crippen LogP contribution in [-0.4, -0.2) is 53.5 Å². The van der Waals surface area contributed by atoms with Gasteiger partial charge in [-0.3, -0.25) is 4.79 Å². The molecule has 0 bridgehead atoms. The minimum Gasteiger partial charge on any atom is -0.339 e. The van der Waals surface area contributed by atoms with E-state index in [0.29, 0.717) is 31.0 Å². The number of hydrogen-bond donors (Lipinski definition) is 1. The molecule has 0 aromatic heterocycles. The zero-order chi connectivity index (χ0) is 18.6. The maximum absolute atomic E-state index is 12.8. The van der Waals surface area contributed by atoms with Crippen LogP contribution in [0, 0.1) is 11.8 Å². The SMILES string of the molecule is O=C(CCNC(=O)N1CCCC2CCCCC21)N1CCCC2CCCCC21. The van der Waals surface area contributed by atoms with Gasteiger partial charge in [0.25, 0.3) is 0 Å². The fourth-order valence-corrected chi connectivity index (χ4v) is 6.33. The summed E-state index contributed by atoms with van der Waals surface area (Å²) >= 11 is 0. The number of nitrogens with one attached hydrogen (secondary N) is 1. The summed E-state index contributed by atoms with van der Waals surface area (Å²) in [5.41, 5.74) is 0. The highest BCUT2D eigenvalue weighted by Gasteiger charge is 2.37. The second-order valence-electron chi connectivity index (χ2n) is 9.27. The average Bonchev–Trinajstić information content (AvgIpc) is 2.72. The lowest BCUT2D eigenvalue weighted by Gasteiger charge is -2.44. The maximum Gasteiger partial charge on any atom is 0.317 e. The van der Waals surface area contributed by atoms with Crippen LogP contribution in [0.3, 0.4) is 0 Å². The van der Waals surface area contributed by atoms with Crippen molar-refractivity contribution in [3.63, 3.8) is 0 Å². The predicted octanol–water partition coefficient (Wildman–Crippen LogP) is 3.92. The topological polar surface area (TPSA) is 52.7 Å². The molecule has 4 unspecified atom stereocenters. The van der Waals surface area contributed by atoms with Crippen molar-refractivity contribution in [3.8, 4) is 0 Å². The number of nitrogens with zero attached hydrogens (tertiary/aromatic N) is 2. The third-order valence-electron chi connectivity index (χ3n) is 7.68. The molecule has 27 heavy (non-hydrogen) atoms. The van der Waals surface area contributed by atoms with Crippen molar-refractivity contribution >= 4 is 11.9 Å². The molecule has 2 heterocycles. The summed E-state index contributed by atoms with van der Waals surface area (Å²) in [4.78, 5) is 29.8. The van der Waals surface area contributed by atoms with Crippen molar-refractivity contribution in [2.75, 3.05) is 19.6 Å². The number of piperidine rings is 2. The fourth-order valence-electron chi connectivity index (χ4n) is 6.33. The number of fused-ring (bicyclic) bond motifs is 2. The standard InChI is InChI=1S/C22H37N3O2/c26-21(24-15-5-9-17-7-1-3-11-19(17)24)13-14-23-22(27)25-16-6-10-18-8-2-4-12-20(18)25/h17-20H,1-16H2,(H,23,27). The summed E-state index contributed by atoms with van der Waals surface area (Å²) < 4.78 is 0. The molecule has 4 rings (SSSR count). The van der Waals surface area contributed by atoms with Gasteiger partial charge in [-0.1, -0.05) is 25.7 Å². The van der Waals surface area contributed by atoms with Gasteiger partial charge in [0.1, 0.15) is 0 Å². The molecule has 4 atom stereocenters. The summed E-state index contributed by atoms with van der Waals surface area (Å²) in [5.74, 6) is 1.68. The van der Waals surface area contributed by atoms with Crippen molar-refractivity contribution in [1.82, 2.24) is 15.1 Å². The van der Waals surface area contributed by atoms with Crippen LogP contribution in [0.25, 0.3) is 0 Å². The van der Waals surface area contributed by atoms with Crippen LogP contribution in [-0.2, 0) is 4.79 Å². The molecular weight excluding hydrogens is 338 g/mol. The van der Waals surface area contributed by atoms with Crippen LogP contribution in [0.2, 0.25) is 0 Å². The van der Waals surface area contributed by atoms with Gasteiger partial charge in [0.15, 0.2) is 0 Å². The quantitative estimate of drug-likeness (QED) is 0.813. The van der Waals surface area contributed by atoms with E-state index in [1.165, 1.54) is 57.8 Å². The Morgan fingerprint density at radius 1 is 0.704 bits per heavy atom. The Labute approximate surface area is 164 Å². The van der Waals surface area contributed by atoms with Crippen LogP contribution >= 0.6 is 0 Å². The van der Waals surface area contributed by atoms with Crippen LogP contribution in [0.1, 0.15) is 83.5 Å². The number of rotatable bonds is 3. The molecule has 0 aromatic rings. The Morgan fingerprint density at radius 3 is 1.89 bits per heavy atom. The molecule has 2 aliphatic carbocycles. The first-order valence-corrected chi connectivity index (χ1v) is 11.6. The molecule has 0 spiro atoms. The normalized spacial score (nSPS) is 33.8. The lowest BCUT2D eigenvalue weighted by atomic mass is 9.78. The Bertz CT molecular complexity index is 488. The summed E-state index contributed by atoms with van der Waals surface area (Å²) in [6.07, 6.45) is 15.4. The van der Waals surface area contributed by atoms with Crippen LogP contribution < -0.4 is 5.32 Å². The van der Waals surface area contributed by atoms with E-state index in [1.54, 1.807) is 0 Å². The Kier molecular flexibility index (Phi) is 6.24. The van der Waals surface area contributed by atoms with E-state index in [-0.39, 0.29) is 11.9 Å². The van der Waals surface area contributed by atoms with Crippen LogP contribution in [0.5, 0.6) is 0 Å². The number of likely N-dealkylation sites (tertiary alicyclic amines) is 2. The number of hydrogen-bond acceptors (Lipinski definition) is 2. The van der Waals surface area contributed by atoms with E-state index in [0.717, 1.165) is 38.3 Å². The van der Waals surface area contributed by atoms with E-state index >= 15 is 0 Å². The summed E-state index contributed by atoms with van der Waals surface area (Å²) in [6, 6.07) is 0.975. The molecule has 3 amide bonds. The maximum atomic E-state index is 12.8. The van der Waals surface area contributed by atoms with Crippen molar-refractivity contribution in [2.45, 2.75) is 95.6 Å². The van der Waals surface area contributed by atoms with Crippen LogP contribution in [0.4, 0.5) is 4.79 Å². The zero-order valence-corrected chi connectivity index (χ0v) is 16.8. The molecule has 2 aliphatic heterocycles. The van der Waals surface area contributed by atoms with E-state index in [2.05, 4.69) is 15.1 Å². The molecule has 1 N–H and O–H groups in total. The average molecular weight is 376 g/mol. The molecular formula is C22H37N3O2. The smallest absolute Gasteiger partial charge is 0.317 e. The molecule has 0 aromatic carbocycles. The second-order valence-corrected chi connectivity index (χ2v) is 9.27. The molecule has 4 aliphatic rings. The van der Waals surface area contributed by atoms with Gasteiger partial charge in [-0.15, -0.1) is 0 Å². The van der Waals surface area contributed by atoms with Gasteiger partial charge in [0.2, 0.25) is 5.91 Å². The highest BCUT2D eigenvalue weighted by Crippen LogP contribution is 2.36. The highest BCUT2D eigenvalue weighted by atomic mass is 16.2. The summed E-state index contributed by atoms with van der Waals surface area (Å²) in [6.45, 7) is 2.29. The molecule has 0 radical (unpaired) electrons. The predicted molar refractivity (Wildman–Crippen MR) is 106 cm³/mol. The third kappa shape index (κ3) is 4.27. The lowest BCUT2D eigenvalue weighted by Crippen LogP contribution is -2.54. The van der Waals surface area contributed by atoms with Gasteiger partial charge in [-0.2, -0.15) is 0 Å². The van der Waals surface area contributed by atoms with Crippen molar-refractivity contribution < 1.29 is 9.59 Å². The highest BCUT2D eigenvalue weighted by molar-refractivity contribution is 5.79. The largest absolute Gasteiger partial charge is 0.339 e. The number of carbonyl (C=O) groups excluding carboxylic acids is 2. The van der Waals surface area contributed by atoms with Gasteiger partial charge >= 0.3 is 6.03 Å². The van der Waals surface area contributed by atoms with E-state index < -0.39 is 0 Å². The first-order chi connectivity index (χ1) is 13.2. The fraction of sp³-hybridized carbons (Fsp3) is 0.909. The number of carbonyl (C=O) groups is 2. The van der Waals surface area contributed by atoms with Crippen molar-refractivity contribution in [2.24, 2.45) is 11.8 Å². The minimum absolute atomic E-state index is 0.0635. The molecule has 5 nitrogen and oxygen atoms in total. The Balaban J connectivity index is 1.25. The van der Waals surface area contributed by atoms with E-state index in [9.17, 15) is 9.59 Å².